The molecule has 1 amide bonds. The van der Waals surface area contributed by atoms with Gasteiger partial charge in [-0.1, -0.05) is 23.2 Å². The van der Waals surface area contributed by atoms with Crippen LogP contribution in [-0.2, 0) is 11.3 Å². The van der Waals surface area contributed by atoms with Gasteiger partial charge in [-0.25, -0.2) is 4.98 Å². The Labute approximate surface area is 157 Å². The summed E-state index contributed by atoms with van der Waals surface area (Å²) in [5.41, 5.74) is 1.07. The number of aromatic nitrogens is 2. The molecule has 25 heavy (non-hydrogen) atoms. The third-order valence-electron chi connectivity index (χ3n) is 3.40. The van der Waals surface area contributed by atoms with Crippen molar-refractivity contribution in [3.05, 3.63) is 55.9 Å². The number of hydrogen-bond acceptors (Lipinski definition) is 5. The highest BCUT2D eigenvalue weighted by Gasteiger charge is 2.11. The number of carbonyl (C=O) groups excluding carboxylic acids is 1. The predicted molar refractivity (Wildman–Crippen MR) is 102 cm³/mol. The van der Waals surface area contributed by atoms with Crippen LogP contribution >= 0.6 is 34.5 Å². The SMILES string of the molecule is CN(CC(=O)Nc1ccc(Cl)c(Cl)c1)Cc1nc2ccsc2c(=O)[nH]1. The second kappa shape index (κ2) is 7.53. The van der Waals surface area contributed by atoms with Crippen LogP contribution in [0, 0.1) is 0 Å². The first kappa shape index (κ1) is 17.9. The van der Waals surface area contributed by atoms with Crippen molar-refractivity contribution in [2.45, 2.75) is 6.54 Å². The summed E-state index contributed by atoms with van der Waals surface area (Å²) in [5, 5.41) is 5.37. The molecule has 0 aliphatic heterocycles. The van der Waals surface area contributed by atoms with Gasteiger partial charge in [0.25, 0.3) is 5.56 Å². The zero-order valence-electron chi connectivity index (χ0n) is 13.2. The van der Waals surface area contributed by atoms with E-state index in [9.17, 15) is 9.59 Å². The smallest absolute Gasteiger partial charge is 0.268 e. The Kier molecular flexibility index (Phi) is 5.39. The molecule has 0 fully saturated rings. The van der Waals surface area contributed by atoms with Gasteiger partial charge in [0.15, 0.2) is 0 Å². The Morgan fingerprint density at radius 1 is 1.32 bits per heavy atom. The van der Waals surface area contributed by atoms with Gasteiger partial charge in [0.05, 0.1) is 28.7 Å². The van der Waals surface area contributed by atoms with Crippen LogP contribution < -0.4 is 10.9 Å². The summed E-state index contributed by atoms with van der Waals surface area (Å²) in [6, 6.07) is 6.69. The van der Waals surface area contributed by atoms with E-state index in [0.717, 1.165) is 0 Å². The van der Waals surface area contributed by atoms with E-state index < -0.39 is 0 Å². The first-order valence-corrected chi connectivity index (χ1v) is 8.96. The molecule has 0 aliphatic rings. The number of carbonyl (C=O) groups is 1. The second-order valence-electron chi connectivity index (χ2n) is 5.50. The van der Waals surface area contributed by atoms with Gasteiger partial charge in [-0.3, -0.25) is 14.5 Å². The summed E-state index contributed by atoms with van der Waals surface area (Å²) in [4.78, 5) is 33.0. The van der Waals surface area contributed by atoms with Crippen molar-refractivity contribution in [2.75, 3.05) is 18.9 Å². The third-order valence-corrected chi connectivity index (χ3v) is 5.04. The van der Waals surface area contributed by atoms with Crippen LogP contribution in [0.3, 0.4) is 0 Å². The van der Waals surface area contributed by atoms with Crippen LogP contribution in [0.15, 0.2) is 34.4 Å². The second-order valence-corrected chi connectivity index (χ2v) is 7.23. The van der Waals surface area contributed by atoms with E-state index in [1.807, 2.05) is 5.38 Å². The van der Waals surface area contributed by atoms with E-state index in [2.05, 4.69) is 15.3 Å². The van der Waals surface area contributed by atoms with Crippen molar-refractivity contribution >= 4 is 56.3 Å². The van der Waals surface area contributed by atoms with Crippen LogP contribution in [0.1, 0.15) is 5.82 Å². The molecule has 0 aliphatic carbocycles. The summed E-state index contributed by atoms with van der Waals surface area (Å²) < 4.78 is 0.601. The fourth-order valence-corrected chi connectivity index (χ4v) is 3.35. The highest BCUT2D eigenvalue weighted by atomic mass is 35.5. The first-order valence-electron chi connectivity index (χ1n) is 7.32. The molecule has 0 spiro atoms. The van der Waals surface area contributed by atoms with Crippen molar-refractivity contribution in [2.24, 2.45) is 0 Å². The van der Waals surface area contributed by atoms with Crippen molar-refractivity contribution < 1.29 is 4.79 Å². The Balaban J connectivity index is 1.62. The van der Waals surface area contributed by atoms with E-state index in [0.29, 0.717) is 38.3 Å². The number of thiophene rings is 1. The molecule has 0 radical (unpaired) electrons. The topological polar surface area (TPSA) is 78.1 Å². The molecule has 0 bridgehead atoms. The molecule has 0 saturated heterocycles. The lowest BCUT2D eigenvalue weighted by atomic mass is 10.3. The molecule has 0 atom stereocenters. The molecule has 0 unspecified atom stereocenters. The van der Waals surface area contributed by atoms with Crippen LogP contribution in [0.25, 0.3) is 10.2 Å². The minimum atomic E-state index is -0.208. The van der Waals surface area contributed by atoms with Gasteiger partial charge in [-0.15, -0.1) is 11.3 Å². The summed E-state index contributed by atoms with van der Waals surface area (Å²) in [6.07, 6.45) is 0. The Hall–Kier alpha value is -1.93. The molecule has 6 nitrogen and oxygen atoms in total. The lowest BCUT2D eigenvalue weighted by Gasteiger charge is -2.15. The molecule has 3 aromatic rings. The number of H-pyrrole nitrogens is 1. The summed E-state index contributed by atoms with van der Waals surface area (Å²) in [7, 11) is 1.77. The van der Waals surface area contributed by atoms with Crippen LogP contribution in [0.2, 0.25) is 10.0 Å². The monoisotopic (exact) mass is 396 g/mol. The van der Waals surface area contributed by atoms with Gasteiger partial charge in [0.1, 0.15) is 10.5 Å². The lowest BCUT2D eigenvalue weighted by Crippen LogP contribution is -2.31. The van der Waals surface area contributed by atoms with Gasteiger partial charge in [0, 0.05) is 5.69 Å². The van der Waals surface area contributed by atoms with Crippen molar-refractivity contribution in [3.63, 3.8) is 0 Å². The predicted octanol–water partition coefficient (Wildman–Crippen LogP) is 3.36. The number of nitrogens with one attached hydrogen (secondary N) is 2. The average Bonchev–Trinajstić information content (AvgIpc) is 2.99. The normalized spacial score (nSPS) is 11.2. The third kappa shape index (κ3) is 4.38. The molecule has 1 aromatic carbocycles. The van der Waals surface area contributed by atoms with Gasteiger partial charge < -0.3 is 10.3 Å². The number of likely N-dealkylation sites (N-methyl/N-ethyl adjacent to an activating group) is 1. The maximum atomic E-state index is 12.1. The number of anilines is 1. The molecule has 130 valence electrons. The van der Waals surface area contributed by atoms with Gasteiger partial charge >= 0.3 is 0 Å². The quantitative estimate of drug-likeness (QED) is 0.692. The van der Waals surface area contributed by atoms with Crippen LogP contribution in [0.4, 0.5) is 5.69 Å². The standard InChI is InChI=1S/C16H14Cl2N4O2S/c1-22(7-13-20-12-4-5-25-15(12)16(24)21-13)8-14(23)19-9-2-3-10(17)11(18)6-9/h2-6H,7-8H2,1H3,(H,19,23)(H,20,21,24). The largest absolute Gasteiger partial charge is 0.325 e. The fraction of sp³-hybridized carbons (Fsp3) is 0.188. The first-order chi connectivity index (χ1) is 11.9. The van der Waals surface area contributed by atoms with Gasteiger partial charge in [-0.2, -0.15) is 0 Å². The van der Waals surface area contributed by atoms with Gasteiger partial charge in [-0.05, 0) is 36.7 Å². The lowest BCUT2D eigenvalue weighted by molar-refractivity contribution is -0.117. The molecule has 9 heteroatoms. The van der Waals surface area contributed by atoms with E-state index >= 15 is 0 Å². The van der Waals surface area contributed by atoms with E-state index in [1.165, 1.54) is 11.3 Å². The number of rotatable bonds is 5. The van der Waals surface area contributed by atoms with Crippen LogP contribution in [0.5, 0.6) is 0 Å². The number of halogens is 2. The molecular weight excluding hydrogens is 383 g/mol. The average molecular weight is 397 g/mol. The molecule has 2 aromatic heterocycles. The summed E-state index contributed by atoms with van der Waals surface area (Å²) in [6.45, 7) is 0.474. The molecule has 2 N–H and O–H groups in total. The maximum absolute atomic E-state index is 12.1. The molecule has 0 saturated carbocycles. The van der Waals surface area contributed by atoms with E-state index in [4.69, 9.17) is 23.2 Å². The van der Waals surface area contributed by atoms with Gasteiger partial charge in [0.2, 0.25) is 5.91 Å². The number of nitrogens with zero attached hydrogens (tertiary/aromatic N) is 2. The summed E-state index contributed by atoms with van der Waals surface area (Å²) in [5.74, 6) is 0.306. The summed E-state index contributed by atoms with van der Waals surface area (Å²) >= 11 is 13.1. The number of aromatic amines is 1. The fourth-order valence-electron chi connectivity index (χ4n) is 2.33. The molecular formula is C16H14Cl2N4O2S. The number of fused-ring (bicyclic) bond motifs is 1. The Bertz CT molecular complexity index is 986. The zero-order chi connectivity index (χ0) is 18.0. The van der Waals surface area contributed by atoms with Crippen molar-refractivity contribution in [1.29, 1.82) is 0 Å². The number of hydrogen-bond donors (Lipinski definition) is 2. The van der Waals surface area contributed by atoms with Crippen molar-refractivity contribution in [1.82, 2.24) is 14.9 Å². The zero-order valence-corrected chi connectivity index (χ0v) is 15.5. The highest BCUT2D eigenvalue weighted by molar-refractivity contribution is 7.17. The molecule has 3 rings (SSSR count). The molecule has 2 heterocycles. The number of amides is 1. The van der Waals surface area contributed by atoms with Crippen LogP contribution in [-0.4, -0.2) is 34.4 Å². The minimum absolute atomic E-state index is 0.131. The minimum Gasteiger partial charge on any atom is -0.325 e. The number of benzene rings is 1. The Morgan fingerprint density at radius 2 is 2.12 bits per heavy atom. The van der Waals surface area contributed by atoms with E-state index in [1.54, 1.807) is 36.2 Å². The Morgan fingerprint density at radius 3 is 2.88 bits per heavy atom. The van der Waals surface area contributed by atoms with E-state index in [-0.39, 0.29) is 18.0 Å². The highest BCUT2D eigenvalue weighted by Crippen LogP contribution is 2.24. The van der Waals surface area contributed by atoms with Crippen molar-refractivity contribution in [3.8, 4) is 0 Å². The maximum Gasteiger partial charge on any atom is 0.268 e.